The van der Waals surface area contributed by atoms with E-state index >= 15 is 0 Å². The molecule has 0 aliphatic carbocycles. The Morgan fingerprint density at radius 3 is 1.21 bits per heavy atom. The first kappa shape index (κ1) is 71.6. The molecular weight excluding hydrogens is 1340 g/mol. The molecule has 0 aromatic carbocycles. The van der Waals surface area contributed by atoms with Crippen molar-refractivity contribution in [2.24, 2.45) is 0 Å². The zero-order chi connectivity index (χ0) is 58.7. The van der Waals surface area contributed by atoms with E-state index in [0.717, 1.165) is 0 Å². The van der Waals surface area contributed by atoms with Gasteiger partial charge in [0.05, 0.1) is 26.4 Å². The third-order valence-electron chi connectivity index (χ3n) is 7.97. The molecule has 0 aromatic rings. The van der Waals surface area contributed by atoms with Crippen LogP contribution in [0.1, 0.15) is 0 Å². The van der Waals surface area contributed by atoms with Crippen molar-refractivity contribution in [1.82, 2.24) is 0 Å². The lowest BCUT2D eigenvalue weighted by Gasteiger charge is -2.45. The second kappa shape index (κ2) is 30.2. The maximum Gasteiger partial charge on any atom is 0.397 e. The van der Waals surface area contributed by atoms with E-state index in [-0.39, 0.29) is 0 Å². The molecule has 2 fully saturated rings. The van der Waals surface area contributed by atoms with Crippen LogP contribution < -0.4 is 0 Å². The predicted octanol–water partition coefficient (Wildman–Crippen LogP) is -8.01. The minimum absolute atomic E-state index is 1.71. The Bertz CT molecular complexity index is 2760. The Kier molecular flexibility index (Phi) is 28.4. The zero-order valence-corrected chi connectivity index (χ0v) is 44.9. The molecule has 76 heavy (non-hydrogen) atoms. The first-order valence-electron chi connectivity index (χ1n) is 17.4. The third-order valence-corrected chi connectivity index (χ3v) is 13.1. The Labute approximate surface area is 439 Å². The summed E-state index contributed by atoms with van der Waals surface area (Å²) in [6.45, 7) is -7.63. The fraction of sp³-hybridized carbons (Fsp3) is 1.00. The summed E-state index contributed by atoms with van der Waals surface area (Å²) in [5.41, 5.74) is 0. The average Bonchev–Trinajstić information content (AvgIpc) is 3.18. The molecular formula is C18H34O46S12. The molecule has 12 N–H and O–H groups in total. The molecule has 2 aliphatic heterocycles. The minimum atomic E-state index is -6.26. The van der Waals surface area contributed by atoms with Gasteiger partial charge in [-0.1, -0.05) is 0 Å². The first-order valence-corrected chi connectivity index (χ1v) is 31.8. The normalized spacial score (nSPS) is 29.5. The van der Waals surface area contributed by atoms with Crippen molar-refractivity contribution in [1.29, 1.82) is 0 Å². The summed E-state index contributed by atoms with van der Waals surface area (Å²) in [4.78, 5) is 0. The lowest BCUT2D eigenvalue weighted by Crippen LogP contribution is -2.64. The van der Waals surface area contributed by atoms with Crippen molar-refractivity contribution in [3.05, 3.63) is 0 Å². The average molecular weight is 1370 g/mol. The summed E-state index contributed by atoms with van der Waals surface area (Å²) in [5, 5.41) is 0. The second-order valence-corrected chi connectivity index (χ2v) is 23.1. The van der Waals surface area contributed by atoms with Crippen LogP contribution in [0.15, 0.2) is 0 Å². The Morgan fingerprint density at radius 2 is 0.789 bits per heavy atom. The van der Waals surface area contributed by atoms with Crippen LogP contribution in [-0.2, 0) is 200 Å². The standard InChI is InChI=1S/C18H34O46S12/c19-65(20)55-7(10(57-67(23)24)12(63-75(43,44)45)8(61-73(37,38)39)4-52-72(34,35)36)2-50-18-16(64-76(46,47)48)13(58-68(25)26)9(56-66(21)22)5(53-18)1-49-17-15(60-70(29)30)14(59-69(27)28)11(62-74(40,41)42)6(54-17)3-51-71(31,32)33/h5-18H,1-4H2,(H,19,20)(H,21,22)(H,23,24)(H,25,26)(H,27,28)(H,29,30)(H,31,32,33)(H,34,35,36)(H,37,38,39)(H,40,41,42)(H,43,44,45)(H,46,47,48)/t5-,6-,7-,8-,9-,10-,11-,12-,13+,14+,15-,16-,17-,18-/m1/s1. The second-order valence-electron chi connectivity index (χ2n) is 12.9. The number of ether oxygens (including phenoxy) is 4. The van der Waals surface area contributed by atoms with E-state index in [1.807, 2.05) is 0 Å². The molecule has 6 unspecified atom stereocenters. The molecule has 20 atom stereocenters. The lowest BCUT2D eigenvalue weighted by molar-refractivity contribution is -0.319. The highest BCUT2D eigenvalue weighted by Crippen LogP contribution is 2.35. The van der Waals surface area contributed by atoms with Crippen molar-refractivity contribution in [3.63, 3.8) is 0 Å². The Hall–Kier alpha value is -0.520. The molecule has 58 heteroatoms. The van der Waals surface area contributed by atoms with E-state index in [0.29, 0.717) is 0 Å². The van der Waals surface area contributed by atoms with Gasteiger partial charge in [0.15, 0.2) is 24.8 Å². The van der Waals surface area contributed by atoms with Gasteiger partial charge in [0.1, 0.15) is 61.0 Å². The molecule has 0 amide bonds. The van der Waals surface area contributed by atoms with E-state index in [9.17, 15) is 121 Å². The van der Waals surface area contributed by atoms with Gasteiger partial charge >= 0.3 is 131 Å². The van der Waals surface area contributed by atoms with E-state index in [4.69, 9.17) is 28.1 Å². The number of hydrogen-bond acceptors (Lipinski definition) is 34. The van der Waals surface area contributed by atoms with Gasteiger partial charge in [0, 0.05) is 0 Å². The predicted molar refractivity (Wildman–Crippen MR) is 224 cm³/mol. The van der Waals surface area contributed by atoms with Crippen LogP contribution in [0.25, 0.3) is 0 Å². The molecule has 2 aliphatic rings. The number of rotatable bonds is 35. The van der Waals surface area contributed by atoms with Gasteiger partial charge in [-0.3, -0.25) is 79.7 Å². The van der Waals surface area contributed by atoms with Gasteiger partial charge in [-0.2, -0.15) is 75.8 Å². The molecule has 0 aromatic heterocycles. The Balaban J connectivity index is 2.97. The maximum atomic E-state index is 12.1. The van der Waals surface area contributed by atoms with E-state index in [1.165, 1.54) is 0 Å². The van der Waals surface area contributed by atoms with Crippen molar-refractivity contribution < 1.29 is 200 Å². The van der Waals surface area contributed by atoms with Gasteiger partial charge < -0.3 is 18.9 Å². The topological polar surface area (TPSA) is 698 Å². The summed E-state index contributed by atoms with van der Waals surface area (Å²) in [7, 11) is -35.8. The summed E-state index contributed by atoms with van der Waals surface area (Å²) >= 11 is -23.0. The molecule has 2 heterocycles. The highest BCUT2D eigenvalue weighted by molar-refractivity contribution is 7.82. The molecule has 2 rings (SSSR count). The van der Waals surface area contributed by atoms with Crippen molar-refractivity contribution in [2.75, 3.05) is 26.4 Å². The molecule has 46 nitrogen and oxygen atoms in total. The number of hydrogen-bond donors (Lipinski definition) is 12. The Morgan fingerprint density at radius 1 is 0.382 bits per heavy atom. The smallest absolute Gasteiger partial charge is 0.347 e. The molecule has 0 radical (unpaired) electrons. The van der Waals surface area contributed by atoms with Gasteiger partial charge in [0.2, 0.25) is 0 Å². The third kappa shape index (κ3) is 28.0. The molecule has 0 bridgehead atoms. The van der Waals surface area contributed by atoms with Crippen LogP contribution in [0.5, 0.6) is 0 Å². The van der Waals surface area contributed by atoms with E-state index < -0.39 is 243 Å². The van der Waals surface area contributed by atoms with Crippen molar-refractivity contribution >= 4 is 131 Å². The summed E-state index contributed by atoms with van der Waals surface area (Å²) < 4.78 is 400. The summed E-state index contributed by atoms with van der Waals surface area (Å²) in [5.74, 6) is 0. The largest absolute Gasteiger partial charge is 0.397 e. The zero-order valence-electron chi connectivity index (χ0n) is 35.1. The van der Waals surface area contributed by atoms with Crippen LogP contribution >= 0.6 is 0 Å². The fourth-order valence-electron chi connectivity index (χ4n) is 5.81. The molecule has 0 spiro atoms. The highest BCUT2D eigenvalue weighted by Gasteiger charge is 2.57. The van der Waals surface area contributed by atoms with Gasteiger partial charge in [-0.25, -0.2) is 25.1 Å². The fourth-order valence-corrected chi connectivity index (χ4v) is 10.8. The van der Waals surface area contributed by atoms with Crippen LogP contribution in [0.2, 0.25) is 0 Å². The monoisotopic (exact) mass is 1370 g/mol. The van der Waals surface area contributed by atoms with Crippen LogP contribution in [0, 0.1) is 0 Å². The molecule has 0 saturated carbocycles. The van der Waals surface area contributed by atoms with Crippen LogP contribution in [0.3, 0.4) is 0 Å². The van der Waals surface area contributed by atoms with Gasteiger partial charge in [0.25, 0.3) is 0 Å². The van der Waals surface area contributed by atoms with Gasteiger partial charge in [-0.05, 0) is 0 Å². The lowest BCUT2D eigenvalue weighted by atomic mass is 9.98. The maximum absolute atomic E-state index is 12.1. The SMILES string of the molecule is O=S(O)O[C@@H]1[C@@H](OS(=O)(=O)O)[C@H](OC[C@@H](OS(=O)O)[C@@H](OS(=O)O)[C@H](OS(=O)(=O)O)[C@@H](COS(=O)(=O)O)OS(=O)(=O)O)O[C@H](CO[C@@H]2O[C@H](COS(=O)(=O)O)[C@@H](OS(=O)(=O)O)[C@H](OS(=O)O)[C@H]2OS(=O)O)[C@H]1OS(=O)O. The van der Waals surface area contributed by atoms with E-state index in [2.05, 4.69) is 50.2 Å². The quantitative estimate of drug-likeness (QED) is 0.0207. The van der Waals surface area contributed by atoms with Crippen molar-refractivity contribution in [3.8, 4) is 0 Å². The molecule has 2 saturated heterocycles. The highest BCUT2D eigenvalue weighted by atomic mass is 32.3. The summed E-state index contributed by atoms with van der Waals surface area (Å²) in [6.07, 6.45) is -41.5. The van der Waals surface area contributed by atoms with Gasteiger partial charge in [-0.15, -0.1) is 0 Å². The first-order chi connectivity index (χ1) is 34.3. The van der Waals surface area contributed by atoms with Crippen LogP contribution in [0.4, 0.5) is 0 Å². The van der Waals surface area contributed by atoms with Crippen LogP contribution in [-0.4, -0.2) is 243 Å². The minimum Gasteiger partial charge on any atom is -0.347 e. The van der Waals surface area contributed by atoms with Crippen molar-refractivity contribution in [2.45, 2.75) is 85.8 Å². The molecule has 454 valence electrons. The van der Waals surface area contributed by atoms with E-state index in [1.54, 1.807) is 0 Å². The summed E-state index contributed by atoms with van der Waals surface area (Å²) in [6, 6.07) is 0.